The SMILES string of the molecule is Cc1cc(NC2CCC(NC(=O)OC(C)(C)C)CC2)cc(C)c1C. The van der Waals surface area contributed by atoms with Gasteiger partial charge in [0.15, 0.2) is 0 Å². The number of anilines is 1. The molecule has 24 heavy (non-hydrogen) atoms. The predicted molar refractivity (Wildman–Crippen MR) is 99.7 cm³/mol. The van der Waals surface area contributed by atoms with Crippen LogP contribution in [0.3, 0.4) is 0 Å². The van der Waals surface area contributed by atoms with Crippen LogP contribution in [0.4, 0.5) is 10.5 Å². The Morgan fingerprint density at radius 3 is 2.00 bits per heavy atom. The van der Waals surface area contributed by atoms with E-state index in [9.17, 15) is 4.79 Å². The van der Waals surface area contributed by atoms with Gasteiger partial charge in [0.2, 0.25) is 0 Å². The third kappa shape index (κ3) is 5.43. The van der Waals surface area contributed by atoms with Gasteiger partial charge >= 0.3 is 6.09 Å². The zero-order valence-corrected chi connectivity index (χ0v) is 16.0. The number of amides is 1. The highest BCUT2D eigenvalue weighted by Crippen LogP contribution is 2.25. The summed E-state index contributed by atoms with van der Waals surface area (Å²) in [6.45, 7) is 12.2. The third-order valence-electron chi connectivity index (χ3n) is 4.75. The molecular formula is C20H32N2O2. The highest BCUT2D eigenvalue weighted by Gasteiger charge is 2.24. The standard InChI is InChI=1S/C20H32N2O2/c1-13-11-18(12-14(2)15(13)3)21-16-7-9-17(10-8-16)22-19(23)24-20(4,5)6/h11-12,16-17,21H,7-10H2,1-6H3,(H,22,23). The van der Waals surface area contributed by atoms with Gasteiger partial charge in [-0.2, -0.15) is 0 Å². The molecule has 0 aliphatic heterocycles. The molecule has 134 valence electrons. The minimum atomic E-state index is -0.440. The van der Waals surface area contributed by atoms with Gasteiger partial charge in [-0.15, -0.1) is 0 Å². The van der Waals surface area contributed by atoms with Gasteiger partial charge in [-0.05, 0) is 96.0 Å². The van der Waals surface area contributed by atoms with Gasteiger partial charge in [0.1, 0.15) is 5.60 Å². The summed E-state index contributed by atoms with van der Waals surface area (Å²) in [6.07, 6.45) is 3.80. The molecule has 0 unspecified atom stereocenters. The van der Waals surface area contributed by atoms with Crippen LogP contribution in [0.2, 0.25) is 0 Å². The quantitative estimate of drug-likeness (QED) is 0.831. The van der Waals surface area contributed by atoms with E-state index in [0.29, 0.717) is 6.04 Å². The highest BCUT2D eigenvalue weighted by molar-refractivity contribution is 5.68. The van der Waals surface area contributed by atoms with E-state index in [-0.39, 0.29) is 12.1 Å². The molecule has 4 nitrogen and oxygen atoms in total. The fourth-order valence-electron chi connectivity index (χ4n) is 3.21. The van der Waals surface area contributed by atoms with Crippen molar-refractivity contribution in [2.45, 2.75) is 84.9 Å². The van der Waals surface area contributed by atoms with Gasteiger partial charge in [0.25, 0.3) is 0 Å². The predicted octanol–water partition coefficient (Wildman–Crippen LogP) is 4.86. The summed E-state index contributed by atoms with van der Waals surface area (Å²) < 4.78 is 5.33. The molecule has 2 N–H and O–H groups in total. The van der Waals surface area contributed by atoms with Gasteiger partial charge in [-0.1, -0.05) is 0 Å². The van der Waals surface area contributed by atoms with E-state index < -0.39 is 5.60 Å². The molecule has 1 aromatic carbocycles. The molecule has 0 aromatic heterocycles. The molecule has 1 saturated carbocycles. The summed E-state index contributed by atoms with van der Waals surface area (Å²) >= 11 is 0. The van der Waals surface area contributed by atoms with Crippen LogP contribution in [-0.4, -0.2) is 23.8 Å². The lowest BCUT2D eigenvalue weighted by molar-refractivity contribution is 0.0492. The first kappa shape index (κ1) is 18.6. The normalized spacial score (nSPS) is 21.2. The van der Waals surface area contributed by atoms with Gasteiger partial charge in [0, 0.05) is 17.8 Å². The Hall–Kier alpha value is -1.71. The van der Waals surface area contributed by atoms with Crippen molar-refractivity contribution in [1.29, 1.82) is 0 Å². The van der Waals surface area contributed by atoms with Crippen molar-refractivity contribution in [1.82, 2.24) is 5.32 Å². The first-order chi connectivity index (χ1) is 11.1. The molecule has 1 aliphatic carbocycles. The molecule has 1 aliphatic rings. The Labute approximate surface area is 146 Å². The number of alkyl carbamates (subject to hydrolysis) is 1. The number of carbonyl (C=O) groups excluding carboxylic acids is 1. The van der Waals surface area contributed by atoms with Crippen molar-refractivity contribution in [3.8, 4) is 0 Å². The van der Waals surface area contributed by atoms with Crippen LogP contribution in [0, 0.1) is 20.8 Å². The van der Waals surface area contributed by atoms with E-state index in [1.807, 2.05) is 20.8 Å². The smallest absolute Gasteiger partial charge is 0.407 e. The molecular weight excluding hydrogens is 300 g/mol. The van der Waals surface area contributed by atoms with Crippen LogP contribution in [0.15, 0.2) is 12.1 Å². The monoisotopic (exact) mass is 332 g/mol. The molecule has 0 atom stereocenters. The van der Waals surface area contributed by atoms with E-state index in [4.69, 9.17) is 4.74 Å². The lowest BCUT2D eigenvalue weighted by atomic mass is 9.91. The largest absolute Gasteiger partial charge is 0.444 e. The summed E-state index contributed by atoms with van der Waals surface area (Å²) in [7, 11) is 0. The van der Waals surface area contributed by atoms with Crippen LogP contribution >= 0.6 is 0 Å². The van der Waals surface area contributed by atoms with E-state index in [0.717, 1.165) is 25.7 Å². The Balaban J connectivity index is 1.82. The number of nitrogens with one attached hydrogen (secondary N) is 2. The van der Waals surface area contributed by atoms with Crippen LogP contribution < -0.4 is 10.6 Å². The molecule has 1 aromatic rings. The molecule has 0 heterocycles. The Kier molecular flexibility index (Phi) is 5.79. The summed E-state index contributed by atoms with van der Waals surface area (Å²) in [6, 6.07) is 5.16. The van der Waals surface area contributed by atoms with Gasteiger partial charge in [-0.25, -0.2) is 4.79 Å². The summed E-state index contributed by atoms with van der Waals surface area (Å²) in [5.41, 5.74) is 4.80. The number of ether oxygens (including phenoxy) is 1. The van der Waals surface area contributed by atoms with Gasteiger partial charge in [0.05, 0.1) is 0 Å². The molecule has 0 radical (unpaired) electrons. The topological polar surface area (TPSA) is 50.4 Å². The number of hydrogen-bond donors (Lipinski definition) is 2. The maximum absolute atomic E-state index is 11.9. The summed E-state index contributed by atoms with van der Waals surface area (Å²) in [4.78, 5) is 11.9. The molecule has 0 bridgehead atoms. The van der Waals surface area contributed by atoms with Crippen molar-refractivity contribution in [2.24, 2.45) is 0 Å². The number of hydrogen-bond acceptors (Lipinski definition) is 3. The van der Waals surface area contributed by atoms with Gasteiger partial charge < -0.3 is 15.4 Å². The van der Waals surface area contributed by atoms with Crippen molar-refractivity contribution in [3.05, 3.63) is 28.8 Å². The number of rotatable bonds is 3. The van der Waals surface area contributed by atoms with Crippen molar-refractivity contribution in [2.75, 3.05) is 5.32 Å². The first-order valence-electron chi connectivity index (χ1n) is 8.98. The molecule has 1 amide bonds. The Bertz CT molecular complexity index is 559. The number of aryl methyl sites for hydroxylation is 2. The second-order valence-corrected chi connectivity index (χ2v) is 8.07. The molecule has 2 rings (SSSR count). The maximum atomic E-state index is 11.9. The first-order valence-corrected chi connectivity index (χ1v) is 8.98. The molecule has 4 heteroatoms. The van der Waals surface area contributed by atoms with Crippen molar-refractivity contribution in [3.63, 3.8) is 0 Å². The van der Waals surface area contributed by atoms with E-state index in [1.165, 1.54) is 22.4 Å². The fourth-order valence-corrected chi connectivity index (χ4v) is 3.21. The van der Waals surface area contributed by atoms with Crippen LogP contribution in [0.25, 0.3) is 0 Å². The lowest BCUT2D eigenvalue weighted by Crippen LogP contribution is -2.42. The van der Waals surface area contributed by atoms with Crippen molar-refractivity contribution < 1.29 is 9.53 Å². The Morgan fingerprint density at radius 2 is 1.50 bits per heavy atom. The van der Waals surface area contributed by atoms with Crippen LogP contribution in [-0.2, 0) is 4.74 Å². The minimum Gasteiger partial charge on any atom is -0.444 e. The van der Waals surface area contributed by atoms with E-state index in [1.54, 1.807) is 0 Å². The Morgan fingerprint density at radius 1 is 1.00 bits per heavy atom. The summed E-state index contributed by atoms with van der Waals surface area (Å²) in [5.74, 6) is 0. The van der Waals surface area contributed by atoms with Gasteiger partial charge in [-0.3, -0.25) is 0 Å². The van der Waals surface area contributed by atoms with Crippen LogP contribution in [0.5, 0.6) is 0 Å². The minimum absolute atomic E-state index is 0.222. The van der Waals surface area contributed by atoms with Crippen molar-refractivity contribution >= 4 is 11.8 Å². The highest BCUT2D eigenvalue weighted by atomic mass is 16.6. The summed E-state index contributed by atoms with van der Waals surface area (Å²) in [5, 5.41) is 6.65. The molecule has 0 spiro atoms. The molecule has 1 fully saturated rings. The third-order valence-corrected chi connectivity index (χ3v) is 4.75. The molecule has 0 saturated heterocycles. The number of benzene rings is 1. The van der Waals surface area contributed by atoms with E-state index >= 15 is 0 Å². The second-order valence-electron chi connectivity index (χ2n) is 8.07. The lowest BCUT2D eigenvalue weighted by Gasteiger charge is -2.31. The maximum Gasteiger partial charge on any atom is 0.407 e. The second kappa shape index (κ2) is 7.45. The fraction of sp³-hybridized carbons (Fsp3) is 0.650. The average Bonchev–Trinajstić information content (AvgIpc) is 2.45. The van der Waals surface area contributed by atoms with Crippen LogP contribution in [0.1, 0.15) is 63.1 Å². The zero-order chi connectivity index (χ0) is 17.9. The average molecular weight is 332 g/mol. The van der Waals surface area contributed by atoms with E-state index in [2.05, 4.69) is 43.5 Å². The number of carbonyl (C=O) groups is 1. The zero-order valence-electron chi connectivity index (χ0n) is 16.0.